The van der Waals surface area contributed by atoms with E-state index in [1.165, 1.54) is 0 Å². The predicted octanol–water partition coefficient (Wildman–Crippen LogP) is 2.96. The van der Waals surface area contributed by atoms with Gasteiger partial charge in [-0.05, 0) is 58.4 Å². The standard InChI is InChI=1S/C27H38N4O5/c1-16(2)36-27(34)22(19(5)32)13-28-12-20-8-9-24-23(11-20)29-25(31(24)18(4)15-35-7)21-10-17(3)26(33)30(6)14-21/h8-11,14,16,18-19,22,28,32H,12-13,15H2,1-7H3/t18-,19-,22?/m1/s1. The summed E-state index contributed by atoms with van der Waals surface area (Å²) in [5.74, 6) is -0.292. The van der Waals surface area contributed by atoms with Gasteiger partial charge in [-0.2, -0.15) is 0 Å². The fourth-order valence-electron chi connectivity index (χ4n) is 4.36. The van der Waals surface area contributed by atoms with Crippen LogP contribution in [0.3, 0.4) is 0 Å². The minimum Gasteiger partial charge on any atom is -0.463 e. The molecular weight excluding hydrogens is 460 g/mol. The van der Waals surface area contributed by atoms with Gasteiger partial charge in [-0.3, -0.25) is 9.59 Å². The normalized spacial score (nSPS) is 14.2. The lowest BCUT2D eigenvalue weighted by molar-refractivity contribution is -0.155. The summed E-state index contributed by atoms with van der Waals surface area (Å²) in [7, 11) is 3.42. The van der Waals surface area contributed by atoms with Crippen molar-refractivity contribution < 1.29 is 19.4 Å². The molecule has 0 aliphatic rings. The van der Waals surface area contributed by atoms with Crippen LogP contribution in [0, 0.1) is 12.8 Å². The Labute approximate surface area is 212 Å². The molecule has 0 radical (unpaired) electrons. The Bertz CT molecular complexity index is 1230. The number of carbonyl (C=O) groups excluding carboxylic acids is 1. The number of methoxy groups -OCH3 is 1. The second-order valence-electron chi connectivity index (χ2n) is 9.72. The number of hydrogen-bond acceptors (Lipinski definition) is 7. The molecule has 3 rings (SSSR count). The van der Waals surface area contributed by atoms with E-state index in [2.05, 4.69) is 16.8 Å². The smallest absolute Gasteiger partial charge is 0.313 e. The van der Waals surface area contributed by atoms with Crippen LogP contribution in [-0.2, 0) is 27.9 Å². The summed E-state index contributed by atoms with van der Waals surface area (Å²) in [6, 6.07) is 7.96. The van der Waals surface area contributed by atoms with Crippen molar-refractivity contribution in [2.75, 3.05) is 20.3 Å². The van der Waals surface area contributed by atoms with Gasteiger partial charge in [0.15, 0.2) is 0 Å². The second-order valence-corrected chi connectivity index (χ2v) is 9.72. The number of imidazole rings is 1. The zero-order chi connectivity index (χ0) is 26.6. The molecule has 0 aliphatic heterocycles. The van der Waals surface area contributed by atoms with Crippen molar-refractivity contribution in [1.82, 2.24) is 19.4 Å². The fraction of sp³-hybridized carbons (Fsp3) is 0.519. The first-order chi connectivity index (χ1) is 17.0. The van der Waals surface area contributed by atoms with E-state index in [4.69, 9.17) is 14.5 Å². The molecule has 0 amide bonds. The Hall–Kier alpha value is -3.01. The van der Waals surface area contributed by atoms with Crippen molar-refractivity contribution in [3.8, 4) is 11.4 Å². The Morgan fingerprint density at radius 1 is 1.19 bits per heavy atom. The van der Waals surface area contributed by atoms with E-state index in [-0.39, 0.29) is 17.7 Å². The van der Waals surface area contributed by atoms with E-state index in [0.29, 0.717) is 25.3 Å². The highest BCUT2D eigenvalue weighted by Gasteiger charge is 2.26. The summed E-state index contributed by atoms with van der Waals surface area (Å²) in [4.78, 5) is 29.5. The molecule has 9 heteroatoms. The first kappa shape index (κ1) is 27.6. The molecule has 0 bridgehead atoms. The number of esters is 1. The molecule has 2 aromatic heterocycles. The average Bonchev–Trinajstić information content (AvgIpc) is 3.18. The number of benzene rings is 1. The summed E-state index contributed by atoms with van der Waals surface area (Å²) >= 11 is 0. The molecule has 1 unspecified atom stereocenters. The van der Waals surface area contributed by atoms with Gasteiger partial charge in [0.1, 0.15) is 5.82 Å². The van der Waals surface area contributed by atoms with E-state index in [1.807, 2.05) is 30.5 Å². The van der Waals surface area contributed by atoms with Crippen molar-refractivity contribution in [3.05, 3.63) is 51.9 Å². The van der Waals surface area contributed by atoms with Crippen molar-refractivity contribution in [3.63, 3.8) is 0 Å². The zero-order valence-electron chi connectivity index (χ0n) is 22.2. The van der Waals surface area contributed by atoms with E-state index >= 15 is 0 Å². The molecule has 2 N–H and O–H groups in total. The highest BCUT2D eigenvalue weighted by Crippen LogP contribution is 2.29. The summed E-state index contributed by atoms with van der Waals surface area (Å²) in [5.41, 5.74) is 4.26. The van der Waals surface area contributed by atoms with E-state index in [9.17, 15) is 14.7 Å². The quantitative estimate of drug-likeness (QED) is 0.391. The molecule has 0 spiro atoms. The van der Waals surface area contributed by atoms with E-state index < -0.39 is 18.0 Å². The Kier molecular flexibility index (Phi) is 9.05. The summed E-state index contributed by atoms with van der Waals surface area (Å²) in [6.07, 6.45) is 0.750. The highest BCUT2D eigenvalue weighted by atomic mass is 16.5. The van der Waals surface area contributed by atoms with Crippen LogP contribution in [0.2, 0.25) is 0 Å². The molecule has 3 aromatic rings. The molecule has 0 saturated carbocycles. The number of aryl methyl sites for hydroxylation is 2. The number of aliphatic hydroxyl groups is 1. The van der Waals surface area contributed by atoms with Crippen LogP contribution in [-0.4, -0.2) is 57.7 Å². The summed E-state index contributed by atoms with van der Waals surface area (Å²) in [6.45, 7) is 10.4. The van der Waals surface area contributed by atoms with Gasteiger partial charge in [-0.15, -0.1) is 0 Å². The third-order valence-corrected chi connectivity index (χ3v) is 6.15. The Morgan fingerprint density at radius 3 is 2.53 bits per heavy atom. The number of aliphatic hydroxyl groups excluding tert-OH is 1. The summed E-state index contributed by atoms with van der Waals surface area (Å²) < 4.78 is 14.4. The van der Waals surface area contributed by atoms with Crippen LogP contribution in [0.4, 0.5) is 0 Å². The molecular formula is C27H38N4O5. The maximum absolute atomic E-state index is 12.3. The van der Waals surface area contributed by atoms with Crippen molar-refractivity contribution in [2.24, 2.45) is 13.0 Å². The predicted molar refractivity (Wildman–Crippen MR) is 140 cm³/mol. The third-order valence-electron chi connectivity index (χ3n) is 6.15. The first-order valence-electron chi connectivity index (χ1n) is 12.3. The molecule has 196 valence electrons. The molecule has 1 aromatic carbocycles. The van der Waals surface area contributed by atoms with Crippen LogP contribution in [0.5, 0.6) is 0 Å². The van der Waals surface area contributed by atoms with Gasteiger partial charge in [-0.25, -0.2) is 4.98 Å². The number of ether oxygens (including phenoxy) is 2. The minimum atomic E-state index is -0.822. The second kappa shape index (κ2) is 11.8. The van der Waals surface area contributed by atoms with Gasteiger partial charge in [0.25, 0.3) is 5.56 Å². The van der Waals surface area contributed by atoms with Gasteiger partial charge in [0, 0.05) is 44.6 Å². The number of nitrogens with one attached hydrogen (secondary N) is 1. The first-order valence-corrected chi connectivity index (χ1v) is 12.3. The topological polar surface area (TPSA) is 108 Å². The number of nitrogens with zero attached hydrogens (tertiary/aromatic N) is 3. The largest absolute Gasteiger partial charge is 0.463 e. The van der Waals surface area contributed by atoms with Gasteiger partial charge in [-0.1, -0.05) is 6.07 Å². The number of carbonyl (C=O) groups is 1. The lowest BCUT2D eigenvalue weighted by atomic mass is 10.0. The maximum atomic E-state index is 12.3. The zero-order valence-corrected chi connectivity index (χ0v) is 22.2. The SMILES string of the molecule is COC[C@@H](C)n1c(-c2cc(C)c(=O)n(C)c2)nc2cc(CNCC(C(=O)OC(C)C)[C@@H](C)O)ccc21. The highest BCUT2D eigenvalue weighted by molar-refractivity contribution is 5.81. The van der Waals surface area contributed by atoms with Crippen LogP contribution in [0.15, 0.2) is 35.3 Å². The maximum Gasteiger partial charge on any atom is 0.313 e. The van der Waals surface area contributed by atoms with Gasteiger partial charge in [0.05, 0.1) is 41.8 Å². The third kappa shape index (κ3) is 6.21. The number of pyridine rings is 1. The number of fused-ring (bicyclic) bond motifs is 1. The molecule has 0 fully saturated rings. The minimum absolute atomic E-state index is 0.0234. The Balaban J connectivity index is 1.90. The van der Waals surface area contributed by atoms with Crippen LogP contribution >= 0.6 is 0 Å². The molecule has 0 aliphatic carbocycles. The molecule has 36 heavy (non-hydrogen) atoms. The van der Waals surface area contributed by atoms with Gasteiger partial charge < -0.3 is 29.0 Å². The van der Waals surface area contributed by atoms with E-state index in [1.54, 1.807) is 46.4 Å². The van der Waals surface area contributed by atoms with Gasteiger partial charge >= 0.3 is 5.97 Å². The van der Waals surface area contributed by atoms with Crippen LogP contribution < -0.4 is 10.9 Å². The van der Waals surface area contributed by atoms with Crippen molar-refractivity contribution in [1.29, 1.82) is 0 Å². The number of rotatable bonds is 11. The van der Waals surface area contributed by atoms with Crippen molar-refractivity contribution >= 4 is 17.0 Å². The molecule has 2 heterocycles. The molecule has 9 nitrogen and oxygen atoms in total. The van der Waals surface area contributed by atoms with Gasteiger partial charge in [0.2, 0.25) is 0 Å². The number of aromatic nitrogens is 3. The summed E-state index contributed by atoms with van der Waals surface area (Å²) in [5, 5.41) is 13.3. The molecule has 0 saturated heterocycles. The lowest BCUT2D eigenvalue weighted by Gasteiger charge is -2.20. The van der Waals surface area contributed by atoms with E-state index in [0.717, 1.165) is 28.0 Å². The fourth-order valence-corrected chi connectivity index (χ4v) is 4.36. The van der Waals surface area contributed by atoms with Crippen LogP contribution in [0.1, 0.15) is 44.9 Å². The monoisotopic (exact) mass is 498 g/mol. The molecule has 3 atom stereocenters. The van der Waals surface area contributed by atoms with Crippen LogP contribution in [0.25, 0.3) is 22.4 Å². The lowest BCUT2D eigenvalue weighted by Crippen LogP contribution is -2.37. The average molecular weight is 499 g/mol. The van der Waals surface area contributed by atoms with Crippen molar-refractivity contribution in [2.45, 2.75) is 59.4 Å². The Morgan fingerprint density at radius 2 is 1.92 bits per heavy atom. The number of hydrogen-bond donors (Lipinski definition) is 2.